The van der Waals surface area contributed by atoms with Crippen LogP contribution in [0, 0.1) is 5.92 Å². The Bertz CT molecular complexity index is 752. The van der Waals surface area contributed by atoms with Gasteiger partial charge in [-0.15, -0.1) is 0 Å². The largest absolute Gasteiger partial charge is 0.274 e. The molecule has 0 spiro atoms. The number of fused-ring (bicyclic) bond motifs is 1. The van der Waals surface area contributed by atoms with Crippen molar-refractivity contribution in [2.75, 3.05) is 11.4 Å². The number of aromatic nitrogens is 1. The number of hydrazine groups is 1. The normalized spacial score (nSPS) is 23.1. The minimum Gasteiger partial charge on any atom is -0.274 e. The second kappa shape index (κ2) is 6.72. The maximum Gasteiger partial charge on any atom is 0.241 e. The molecule has 1 aromatic carbocycles. The van der Waals surface area contributed by atoms with Gasteiger partial charge in [0.15, 0.2) is 5.17 Å². The number of anilines is 1. The predicted molar refractivity (Wildman–Crippen MR) is 95.3 cm³/mol. The van der Waals surface area contributed by atoms with Gasteiger partial charge in [-0.25, -0.2) is 10.4 Å². The quantitative estimate of drug-likeness (QED) is 0.892. The van der Waals surface area contributed by atoms with Crippen molar-refractivity contribution in [3.8, 4) is 0 Å². The Balaban J connectivity index is 1.63. The highest BCUT2D eigenvalue weighted by atomic mass is 32.2. The van der Waals surface area contributed by atoms with Crippen LogP contribution in [0.25, 0.3) is 0 Å². The van der Waals surface area contributed by atoms with Crippen molar-refractivity contribution in [3.05, 3.63) is 60.4 Å². The molecule has 2 unspecified atom stereocenters. The summed E-state index contributed by atoms with van der Waals surface area (Å²) in [7, 11) is 0. The molecule has 4 rings (SSSR count). The molecule has 0 aliphatic carbocycles. The summed E-state index contributed by atoms with van der Waals surface area (Å²) in [6.07, 6.45) is 3.35. The van der Waals surface area contributed by atoms with E-state index in [1.807, 2.05) is 42.5 Å². The van der Waals surface area contributed by atoms with Gasteiger partial charge in [0.25, 0.3) is 0 Å². The third-order valence-corrected chi connectivity index (χ3v) is 5.09. The Kier molecular flexibility index (Phi) is 4.29. The number of carbonyl (C=O) groups excluding carboxylic acids is 1. The van der Waals surface area contributed by atoms with E-state index in [0.29, 0.717) is 6.54 Å². The summed E-state index contributed by atoms with van der Waals surface area (Å²) < 4.78 is 0. The Hall–Kier alpha value is -2.22. The molecule has 0 radical (unpaired) electrons. The summed E-state index contributed by atoms with van der Waals surface area (Å²) in [5, 5.41) is 0.723. The van der Waals surface area contributed by atoms with Crippen LogP contribution in [0.4, 0.5) is 5.69 Å². The van der Waals surface area contributed by atoms with Gasteiger partial charge in [-0.3, -0.25) is 20.1 Å². The Morgan fingerprint density at radius 1 is 1.17 bits per heavy atom. The van der Waals surface area contributed by atoms with E-state index in [-0.39, 0.29) is 18.0 Å². The average Bonchev–Trinajstić information content (AvgIpc) is 3.10. The molecule has 1 amide bonds. The lowest BCUT2D eigenvalue weighted by atomic mass is 10.1. The zero-order valence-corrected chi connectivity index (χ0v) is 13.7. The monoisotopic (exact) mass is 339 g/mol. The van der Waals surface area contributed by atoms with Crippen LogP contribution < -0.4 is 15.8 Å². The number of rotatable bonds is 3. The second-order valence-electron chi connectivity index (χ2n) is 5.64. The number of aliphatic imine (C=N–C) groups is 1. The van der Waals surface area contributed by atoms with Crippen LogP contribution in [0.15, 0.2) is 59.9 Å². The number of nitrogens with one attached hydrogen (secondary N) is 2. The van der Waals surface area contributed by atoms with Crippen molar-refractivity contribution in [1.29, 1.82) is 0 Å². The zero-order valence-electron chi connectivity index (χ0n) is 12.9. The van der Waals surface area contributed by atoms with Crippen LogP contribution in [0.1, 0.15) is 5.56 Å². The fourth-order valence-corrected chi connectivity index (χ4v) is 3.81. The van der Waals surface area contributed by atoms with Crippen molar-refractivity contribution in [2.45, 2.75) is 11.9 Å². The molecule has 6 nitrogen and oxygen atoms in total. The number of para-hydroxylation sites is 1. The maximum atomic E-state index is 13.0. The van der Waals surface area contributed by atoms with Gasteiger partial charge in [0.2, 0.25) is 5.91 Å². The van der Waals surface area contributed by atoms with Gasteiger partial charge >= 0.3 is 0 Å². The fourth-order valence-electron chi connectivity index (χ4n) is 2.81. The standard InChI is InChI=1S/C17H17N5OS/c23-16-14-10-19-21-15(14)20-17(22(16)13-4-2-1-3-5-13)24-11-12-6-8-18-9-7-12/h1-9,14-15,19,21H,10-11H2. The number of amidine groups is 1. The van der Waals surface area contributed by atoms with Gasteiger partial charge in [-0.05, 0) is 29.8 Å². The van der Waals surface area contributed by atoms with Crippen molar-refractivity contribution in [2.24, 2.45) is 10.9 Å². The summed E-state index contributed by atoms with van der Waals surface area (Å²) >= 11 is 1.57. The molecule has 3 heterocycles. The van der Waals surface area contributed by atoms with E-state index in [9.17, 15) is 4.79 Å². The number of benzene rings is 1. The van der Waals surface area contributed by atoms with Crippen molar-refractivity contribution < 1.29 is 4.79 Å². The van der Waals surface area contributed by atoms with E-state index in [4.69, 9.17) is 4.99 Å². The SMILES string of the molecule is O=C1C2CNNC2N=C(SCc2ccncc2)N1c1ccccc1. The van der Waals surface area contributed by atoms with Crippen LogP contribution in [-0.2, 0) is 10.5 Å². The minimum atomic E-state index is -0.197. The van der Waals surface area contributed by atoms with Crippen LogP contribution in [-0.4, -0.2) is 28.8 Å². The lowest BCUT2D eigenvalue weighted by Crippen LogP contribution is -2.49. The van der Waals surface area contributed by atoms with Crippen molar-refractivity contribution >= 4 is 28.5 Å². The first-order valence-corrected chi connectivity index (χ1v) is 8.78. The molecule has 1 fully saturated rings. The van der Waals surface area contributed by atoms with E-state index < -0.39 is 0 Å². The lowest BCUT2D eigenvalue weighted by molar-refractivity contribution is -0.121. The molecule has 1 aromatic heterocycles. The molecule has 0 saturated carbocycles. The molecule has 2 aromatic rings. The third kappa shape index (κ3) is 2.93. The van der Waals surface area contributed by atoms with Crippen LogP contribution in [0.3, 0.4) is 0 Å². The summed E-state index contributed by atoms with van der Waals surface area (Å²) in [5.41, 5.74) is 8.13. The number of thioether (sulfide) groups is 1. The lowest BCUT2D eigenvalue weighted by Gasteiger charge is -2.32. The van der Waals surface area contributed by atoms with E-state index in [2.05, 4.69) is 15.8 Å². The molecule has 2 atom stereocenters. The highest BCUT2D eigenvalue weighted by molar-refractivity contribution is 8.13. The molecule has 7 heteroatoms. The summed E-state index contributed by atoms with van der Waals surface area (Å²) in [4.78, 5) is 23.5. The molecular formula is C17H17N5OS. The summed E-state index contributed by atoms with van der Waals surface area (Å²) in [6.45, 7) is 0.596. The maximum absolute atomic E-state index is 13.0. The van der Waals surface area contributed by atoms with E-state index in [1.165, 1.54) is 0 Å². The molecule has 122 valence electrons. The smallest absolute Gasteiger partial charge is 0.241 e. The first kappa shape index (κ1) is 15.3. The summed E-state index contributed by atoms with van der Waals surface area (Å²) in [5.74, 6) is 0.648. The molecule has 24 heavy (non-hydrogen) atoms. The number of nitrogens with zero attached hydrogens (tertiary/aromatic N) is 3. The van der Waals surface area contributed by atoms with Gasteiger partial charge in [0, 0.05) is 24.7 Å². The van der Waals surface area contributed by atoms with E-state index >= 15 is 0 Å². The zero-order chi connectivity index (χ0) is 16.4. The highest BCUT2D eigenvalue weighted by Gasteiger charge is 2.42. The van der Waals surface area contributed by atoms with E-state index in [1.54, 1.807) is 29.1 Å². The van der Waals surface area contributed by atoms with E-state index in [0.717, 1.165) is 22.2 Å². The molecule has 2 aliphatic rings. The van der Waals surface area contributed by atoms with Gasteiger partial charge < -0.3 is 0 Å². The number of carbonyl (C=O) groups is 1. The Morgan fingerprint density at radius 3 is 2.75 bits per heavy atom. The van der Waals surface area contributed by atoms with Gasteiger partial charge in [0.1, 0.15) is 6.17 Å². The summed E-state index contributed by atoms with van der Waals surface area (Å²) in [6, 6.07) is 13.6. The molecule has 2 N–H and O–H groups in total. The highest BCUT2D eigenvalue weighted by Crippen LogP contribution is 2.30. The predicted octanol–water partition coefficient (Wildman–Crippen LogP) is 1.77. The third-order valence-electron chi connectivity index (χ3n) is 4.06. The van der Waals surface area contributed by atoms with Gasteiger partial charge in [0.05, 0.1) is 11.6 Å². The topological polar surface area (TPSA) is 69.6 Å². The van der Waals surface area contributed by atoms with Gasteiger partial charge in [-0.1, -0.05) is 30.0 Å². The number of hydrogen-bond donors (Lipinski definition) is 2. The molecule has 0 bridgehead atoms. The number of pyridine rings is 1. The second-order valence-corrected chi connectivity index (χ2v) is 6.58. The first-order chi connectivity index (χ1) is 11.8. The van der Waals surface area contributed by atoms with Crippen LogP contribution >= 0.6 is 11.8 Å². The van der Waals surface area contributed by atoms with Crippen molar-refractivity contribution in [3.63, 3.8) is 0 Å². The minimum absolute atomic E-state index is 0.0796. The fraction of sp³-hybridized carbons (Fsp3) is 0.235. The van der Waals surface area contributed by atoms with Gasteiger partial charge in [-0.2, -0.15) is 0 Å². The number of amides is 1. The molecule has 2 aliphatic heterocycles. The molecular weight excluding hydrogens is 322 g/mol. The van der Waals surface area contributed by atoms with Crippen molar-refractivity contribution in [1.82, 2.24) is 15.8 Å². The number of hydrogen-bond acceptors (Lipinski definition) is 6. The van der Waals surface area contributed by atoms with Crippen LogP contribution in [0.5, 0.6) is 0 Å². The first-order valence-electron chi connectivity index (χ1n) is 7.80. The Labute approximate surface area is 144 Å². The molecule has 1 saturated heterocycles. The Morgan fingerprint density at radius 2 is 1.96 bits per heavy atom. The van der Waals surface area contributed by atoms with Crippen LogP contribution in [0.2, 0.25) is 0 Å². The average molecular weight is 339 g/mol.